The third-order valence-electron chi connectivity index (χ3n) is 3.65. The normalized spacial score (nSPS) is 17.6. The van der Waals surface area contributed by atoms with Gasteiger partial charge in [0.25, 0.3) is 5.56 Å². The highest BCUT2D eigenvalue weighted by Crippen LogP contribution is 2.25. The van der Waals surface area contributed by atoms with Crippen molar-refractivity contribution in [2.45, 2.75) is 25.3 Å². The number of nitrogens with two attached hydrogens (primary N) is 1. The predicted octanol–water partition coefficient (Wildman–Crippen LogP) is 1.58. The van der Waals surface area contributed by atoms with Crippen LogP contribution in [0.4, 0.5) is 0 Å². The first-order valence-corrected chi connectivity index (χ1v) is 6.72. The molecule has 1 unspecified atom stereocenters. The molecule has 0 saturated carbocycles. The van der Waals surface area contributed by atoms with E-state index in [1.165, 1.54) is 4.68 Å². The molecule has 1 atom stereocenters. The van der Waals surface area contributed by atoms with Crippen LogP contribution in [0.15, 0.2) is 35.1 Å². The highest BCUT2D eigenvalue weighted by Gasteiger charge is 2.20. The number of nitrogens with zero attached hydrogens (tertiary/aromatic N) is 2. The van der Waals surface area contributed by atoms with Crippen LogP contribution < -0.4 is 16.0 Å². The van der Waals surface area contributed by atoms with Gasteiger partial charge in [0.1, 0.15) is 5.75 Å². The van der Waals surface area contributed by atoms with Crippen LogP contribution in [0.3, 0.4) is 0 Å². The minimum atomic E-state index is -0.133. The third-order valence-corrected chi connectivity index (χ3v) is 3.65. The van der Waals surface area contributed by atoms with Crippen molar-refractivity contribution in [1.82, 2.24) is 9.78 Å². The molecule has 1 aromatic heterocycles. The molecule has 1 aliphatic rings. The Kier molecular flexibility index (Phi) is 3.28. The van der Waals surface area contributed by atoms with E-state index in [-0.39, 0.29) is 11.6 Å². The van der Waals surface area contributed by atoms with E-state index in [0.29, 0.717) is 11.4 Å². The summed E-state index contributed by atoms with van der Waals surface area (Å²) in [5.74, 6) is 0.693. The molecule has 0 saturated heterocycles. The Bertz CT molecular complexity index is 694. The van der Waals surface area contributed by atoms with Crippen LogP contribution in [0.5, 0.6) is 5.75 Å². The van der Waals surface area contributed by atoms with E-state index in [1.807, 2.05) is 18.2 Å². The lowest BCUT2D eigenvalue weighted by molar-refractivity contribution is 0.414. The summed E-state index contributed by atoms with van der Waals surface area (Å²) < 4.78 is 6.58. The first kappa shape index (κ1) is 12.9. The Balaban J connectivity index is 2.14. The number of hydrogen-bond donors (Lipinski definition) is 1. The fourth-order valence-electron chi connectivity index (χ4n) is 2.59. The van der Waals surface area contributed by atoms with Crippen LogP contribution >= 0.6 is 0 Å². The van der Waals surface area contributed by atoms with Gasteiger partial charge in [0.15, 0.2) is 0 Å². The maximum atomic E-state index is 12.2. The Labute approximate surface area is 117 Å². The average molecular weight is 271 g/mol. The quantitative estimate of drug-likeness (QED) is 0.900. The van der Waals surface area contributed by atoms with Gasteiger partial charge in [-0.05, 0) is 37.0 Å². The number of rotatable bonds is 2. The molecule has 1 aliphatic carbocycles. The zero-order chi connectivity index (χ0) is 14.1. The fraction of sp³-hybridized carbons (Fsp3) is 0.333. The second-order valence-corrected chi connectivity index (χ2v) is 5.01. The SMILES string of the molecule is COc1cccc(-n2nc3c(cc2=O)CCCC3N)c1. The summed E-state index contributed by atoms with van der Waals surface area (Å²) in [6, 6.07) is 8.85. The number of benzene rings is 1. The molecule has 3 rings (SSSR count). The van der Waals surface area contributed by atoms with Gasteiger partial charge in [-0.1, -0.05) is 6.07 Å². The molecule has 104 valence electrons. The molecule has 5 heteroatoms. The second-order valence-electron chi connectivity index (χ2n) is 5.01. The minimum Gasteiger partial charge on any atom is -0.497 e. The molecule has 0 bridgehead atoms. The molecule has 0 spiro atoms. The number of ether oxygens (including phenoxy) is 1. The van der Waals surface area contributed by atoms with Gasteiger partial charge in [-0.3, -0.25) is 4.79 Å². The number of aromatic nitrogens is 2. The molecule has 1 aromatic carbocycles. The average Bonchev–Trinajstić information content (AvgIpc) is 2.47. The van der Waals surface area contributed by atoms with Crippen molar-refractivity contribution < 1.29 is 4.74 Å². The maximum Gasteiger partial charge on any atom is 0.271 e. The van der Waals surface area contributed by atoms with Crippen molar-refractivity contribution in [2.75, 3.05) is 7.11 Å². The van der Waals surface area contributed by atoms with Crippen LogP contribution in [0.2, 0.25) is 0 Å². The van der Waals surface area contributed by atoms with E-state index in [9.17, 15) is 4.79 Å². The summed E-state index contributed by atoms with van der Waals surface area (Å²) >= 11 is 0. The molecule has 0 radical (unpaired) electrons. The smallest absolute Gasteiger partial charge is 0.271 e. The van der Waals surface area contributed by atoms with Crippen molar-refractivity contribution in [3.63, 3.8) is 0 Å². The van der Waals surface area contributed by atoms with Gasteiger partial charge >= 0.3 is 0 Å². The van der Waals surface area contributed by atoms with E-state index in [1.54, 1.807) is 19.2 Å². The van der Waals surface area contributed by atoms with Crippen molar-refractivity contribution in [3.8, 4) is 11.4 Å². The van der Waals surface area contributed by atoms with Crippen LogP contribution in [-0.4, -0.2) is 16.9 Å². The predicted molar refractivity (Wildman–Crippen MR) is 76.3 cm³/mol. The van der Waals surface area contributed by atoms with Gasteiger partial charge in [-0.2, -0.15) is 9.78 Å². The summed E-state index contributed by atoms with van der Waals surface area (Å²) in [5.41, 5.74) is 8.47. The van der Waals surface area contributed by atoms with Gasteiger partial charge in [0.05, 0.1) is 18.5 Å². The molecule has 2 aromatic rings. The summed E-state index contributed by atoms with van der Waals surface area (Å²) in [4.78, 5) is 12.2. The number of hydrogen-bond acceptors (Lipinski definition) is 4. The molecule has 0 fully saturated rings. The first-order chi connectivity index (χ1) is 9.69. The lowest BCUT2D eigenvalue weighted by Gasteiger charge is -2.21. The Hall–Kier alpha value is -2.14. The Morgan fingerprint density at radius 3 is 3.05 bits per heavy atom. The van der Waals surface area contributed by atoms with Crippen molar-refractivity contribution in [1.29, 1.82) is 0 Å². The van der Waals surface area contributed by atoms with E-state index in [0.717, 1.165) is 30.5 Å². The number of aryl methyl sites for hydroxylation is 1. The summed E-state index contributed by atoms with van der Waals surface area (Å²) in [6.45, 7) is 0. The highest BCUT2D eigenvalue weighted by atomic mass is 16.5. The minimum absolute atomic E-state index is 0.0868. The molecule has 20 heavy (non-hydrogen) atoms. The van der Waals surface area contributed by atoms with Crippen LogP contribution in [0, 0.1) is 0 Å². The second kappa shape index (κ2) is 5.09. The van der Waals surface area contributed by atoms with Crippen molar-refractivity contribution in [2.24, 2.45) is 5.73 Å². The van der Waals surface area contributed by atoms with E-state index >= 15 is 0 Å². The van der Waals surface area contributed by atoms with Gasteiger partial charge < -0.3 is 10.5 Å². The van der Waals surface area contributed by atoms with Gasteiger partial charge in [-0.15, -0.1) is 0 Å². The van der Waals surface area contributed by atoms with Crippen molar-refractivity contribution in [3.05, 3.63) is 51.9 Å². The fourth-order valence-corrected chi connectivity index (χ4v) is 2.59. The molecule has 2 N–H and O–H groups in total. The number of methoxy groups -OCH3 is 1. The largest absolute Gasteiger partial charge is 0.497 e. The molecular formula is C15H17N3O2. The summed E-state index contributed by atoms with van der Waals surface area (Å²) in [7, 11) is 1.60. The van der Waals surface area contributed by atoms with Gasteiger partial charge in [0, 0.05) is 18.2 Å². The summed E-state index contributed by atoms with van der Waals surface area (Å²) in [6.07, 6.45) is 2.80. The molecule has 5 nitrogen and oxygen atoms in total. The highest BCUT2D eigenvalue weighted by molar-refractivity contribution is 5.39. The molecular weight excluding hydrogens is 254 g/mol. The molecule has 1 heterocycles. The maximum absolute atomic E-state index is 12.2. The van der Waals surface area contributed by atoms with E-state index in [4.69, 9.17) is 10.5 Å². The van der Waals surface area contributed by atoms with Crippen LogP contribution in [0.25, 0.3) is 5.69 Å². The van der Waals surface area contributed by atoms with Crippen LogP contribution in [0.1, 0.15) is 30.1 Å². The van der Waals surface area contributed by atoms with Gasteiger partial charge in [0.2, 0.25) is 0 Å². The standard InChI is InChI=1S/C15H17N3O2/c1-20-12-6-3-5-11(9-12)18-14(19)8-10-4-2-7-13(16)15(10)17-18/h3,5-6,8-9,13H,2,4,7,16H2,1H3. The van der Waals surface area contributed by atoms with Gasteiger partial charge in [-0.25, -0.2) is 0 Å². The summed E-state index contributed by atoms with van der Waals surface area (Å²) in [5, 5.41) is 4.46. The first-order valence-electron chi connectivity index (χ1n) is 6.72. The molecule has 0 aliphatic heterocycles. The lowest BCUT2D eigenvalue weighted by Crippen LogP contribution is -2.28. The lowest BCUT2D eigenvalue weighted by atomic mass is 9.93. The van der Waals surface area contributed by atoms with E-state index < -0.39 is 0 Å². The molecule has 0 amide bonds. The van der Waals surface area contributed by atoms with Crippen molar-refractivity contribution >= 4 is 0 Å². The zero-order valence-corrected chi connectivity index (χ0v) is 11.4. The topological polar surface area (TPSA) is 70.1 Å². The Morgan fingerprint density at radius 1 is 1.40 bits per heavy atom. The number of fused-ring (bicyclic) bond motifs is 1. The Morgan fingerprint density at radius 2 is 2.25 bits per heavy atom. The zero-order valence-electron chi connectivity index (χ0n) is 11.4. The van der Waals surface area contributed by atoms with E-state index in [2.05, 4.69) is 5.10 Å². The van der Waals surface area contributed by atoms with Crippen LogP contribution in [-0.2, 0) is 6.42 Å². The third kappa shape index (κ3) is 2.20. The monoisotopic (exact) mass is 271 g/mol.